The summed E-state index contributed by atoms with van der Waals surface area (Å²) in [4.78, 5) is 0. The summed E-state index contributed by atoms with van der Waals surface area (Å²) in [7, 11) is 1.86. The number of ether oxygens (including phenoxy) is 1. The van der Waals surface area contributed by atoms with E-state index in [0.717, 1.165) is 6.42 Å². The summed E-state index contributed by atoms with van der Waals surface area (Å²) in [5.41, 5.74) is 0. The predicted molar refractivity (Wildman–Crippen MR) is 54.5 cm³/mol. The van der Waals surface area contributed by atoms with Crippen molar-refractivity contribution < 1.29 is 9.84 Å². The van der Waals surface area contributed by atoms with Gasteiger partial charge in [0, 0.05) is 26.2 Å². The third-order valence-corrected chi connectivity index (χ3v) is 1.96. The van der Waals surface area contributed by atoms with Gasteiger partial charge in [-0.25, -0.2) is 0 Å². The lowest BCUT2D eigenvalue weighted by molar-refractivity contribution is 0.00863. The van der Waals surface area contributed by atoms with Crippen molar-refractivity contribution in [3.05, 3.63) is 12.3 Å². The van der Waals surface area contributed by atoms with Crippen LogP contribution in [0.1, 0.15) is 20.3 Å². The largest absolute Gasteiger partial charge is 0.396 e. The molecule has 1 unspecified atom stereocenters. The molecule has 0 rings (SSSR count). The molecule has 0 aliphatic carbocycles. The van der Waals surface area contributed by atoms with Crippen LogP contribution in [-0.2, 0) is 4.74 Å². The lowest BCUT2D eigenvalue weighted by Gasteiger charge is -2.20. The topological polar surface area (TPSA) is 41.5 Å². The molecular weight excluding hydrogens is 166 g/mol. The number of hydrogen-bond acceptors (Lipinski definition) is 3. The Balaban J connectivity index is 3.85. The Morgan fingerprint density at radius 1 is 1.54 bits per heavy atom. The lowest BCUT2D eigenvalue weighted by Crippen LogP contribution is -2.24. The molecule has 0 aromatic carbocycles. The second-order valence-electron chi connectivity index (χ2n) is 3.08. The van der Waals surface area contributed by atoms with Crippen molar-refractivity contribution in [1.29, 1.82) is 0 Å². The maximum Gasteiger partial charge on any atom is 0.0657 e. The molecule has 2 atom stereocenters. The van der Waals surface area contributed by atoms with Crippen molar-refractivity contribution in [3.8, 4) is 0 Å². The Labute approximate surface area is 80.8 Å². The van der Waals surface area contributed by atoms with Crippen molar-refractivity contribution in [1.82, 2.24) is 5.32 Å². The Bertz CT molecular complexity index is 137. The molecule has 3 heteroatoms. The highest BCUT2D eigenvalue weighted by Crippen LogP contribution is 2.11. The van der Waals surface area contributed by atoms with Gasteiger partial charge in [0.15, 0.2) is 0 Å². The van der Waals surface area contributed by atoms with E-state index in [0.29, 0.717) is 6.61 Å². The van der Waals surface area contributed by atoms with E-state index in [1.54, 1.807) is 0 Å². The molecule has 0 aromatic rings. The summed E-state index contributed by atoms with van der Waals surface area (Å²) in [6.07, 6.45) is 4.87. The molecule has 0 aliphatic rings. The molecule has 0 bridgehead atoms. The standard InChI is InChI=1S/C10H21NO2/c1-4-13-10(9(2)8-12)6-5-7-11-3/h5,7,9-12H,4,6,8H2,1-3H3/b7-5-/t9-,10?/m0/s1. The number of aliphatic hydroxyl groups excluding tert-OH is 1. The summed E-state index contributed by atoms with van der Waals surface area (Å²) in [6.45, 7) is 4.84. The van der Waals surface area contributed by atoms with Crippen LogP contribution in [0.5, 0.6) is 0 Å². The monoisotopic (exact) mass is 187 g/mol. The van der Waals surface area contributed by atoms with E-state index in [1.165, 1.54) is 0 Å². The van der Waals surface area contributed by atoms with Gasteiger partial charge in [-0.15, -0.1) is 0 Å². The highest BCUT2D eigenvalue weighted by molar-refractivity contribution is 4.83. The third kappa shape index (κ3) is 5.66. The molecule has 0 fully saturated rings. The van der Waals surface area contributed by atoms with Gasteiger partial charge in [-0.3, -0.25) is 0 Å². The van der Waals surface area contributed by atoms with Crippen LogP contribution >= 0.6 is 0 Å². The zero-order valence-corrected chi connectivity index (χ0v) is 8.79. The average Bonchev–Trinajstić information content (AvgIpc) is 2.16. The van der Waals surface area contributed by atoms with E-state index in [4.69, 9.17) is 9.84 Å². The fourth-order valence-electron chi connectivity index (χ4n) is 1.12. The van der Waals surface area contributed by atoms with Crippen LogP contribution < -0.4 is 5.32 Å². The van der Waals surface area contributed by atoms with E-state index in [9.17, 15) is 0 Å². The van der Waals surface area contributed by atoms with Gasteiger partial charge in [-0.05, 0) is 19.5 Å². The van der Waals surface area contributed by atoms with Gasteiger partial charge < -0.3 is 15.2 Å². The highest BCUT2D eigenvalue weighted by atomic mass is 16.5. The van der Waals surface area contributed by atoms with Gasteiger partial charge in [0.05, 0.1) is 6.10 Å². The van der Waals surface area contributed by atoms with Crippen LogP contribution in [0, 0.1) is 5.92 Å². The summed E-state index contributed by atoms with van der Waals surface area (Å²) >= 11 is 0. The molecular formula is C10H21NO2. The Hall–Kier alpha value is -0.540. The zero-order chi connectivity index (χ0) is 10.1. The number of aliphatic hydroxyl groups is 1. The molecule has 0 aromatic heterocycles. The van der Waals surface area contributed by atoms with Gasteiger partial charge in [0.25, 0.3) is 0 Å². The molecule has 0 radical (unpaired) electrons. The smallest absolute Gasteiger partial charge is 0.0657 e. The normalized spacial score (nSPS) is 16.0. The summed E-state index contributed by atoms with van der Waals surface area (Å²) < 4.78 is 5.50. The van der Waals surface area contributed by atoms with Gasteiger partial charge in [0.1, 0.15) is 0 Å². The summed E-state index contributed by atoms with van der Waals surface area (Å²) in [6, 6.07) is 0. The average molecular weight is 187 g/mol. The minimum absolute atomic E-state index is 0.125. The number of rotatable bonds is 7. The number of nitrogens with one attached hydrogen (secondary N) is 1. The van der Waals surface area contributed by atoms with Crippen LogP contribution in [-0.4, -0.2) is 31.5 Å². The lowest BCUT2D eigenvalue weighted by atomic mass is 10.0. The van der Waals surface area contributed by atoms with Crippen LogP contribution in [0.3, 0.4) is 0 Å². The van der Waals surface area contributed by atoms with Crippen LogP contribution in [0.15, 0.2) is 12.3 Å². The van der Waals surface area contributed by atoms with Gasteiger partial charge >= 0.3 is 0 Å². The second kappa shape index (κ2) is 8.08. The van der Waals surface area contributed by atoms with Crippen molar-refractivity contribution in [2.75, 3.05) is 20.3 Å². The third-order valence-electron chi connectivity index (χ3n) is 1.96. The molecule has 0 spiro atoms. The van der Waals surface area contributed by atoms with E-state index in [-0.39, 0.29) is 18.6 Å². The Kier molecular flexibility index (Phi) is 7.74. The quantitative estimate of drug-likeness (QED) is 0.628. The summed E-state index contributed by atoms with van der Waals surface area (Å²) in [5.74, 6) is 0.196. The molecule has 0 amide bonds. The SMILES string of the molecule is CCOC(C/C=C\NC)[C@@H](C)CO. The molecule has 3 nitrogen and oxygen atoms in total. The minimum atomic E-state index is 0.125. The minimum Gasteiger partial charge on any atom is -0.396 e. The van der Waals surface area contributed by atoms with E-state index in [1.807, 2.05) is 33.2 Å². The van der Waals surface area contributed by atoms with Crippen molar-refractivity contribution in [3.63, 3.8) is 0 Å². The second-order valence-corrected chi connectivity index (χ2v) is 3.08. The zero-order valence-electron chi connectivity index (χ0n) is 8.79. The molecule has 0 aliphatic heterocycles. The van der Waals surface area contributed by atoms with E-state index < -0.39 is 0 Å². The van der Waals surface area contributed by atoms with Gasteiger partial charge in [-0.2, -0.15) is 0 Å². The maximum absolute atomic E-state index is 8.97. The summed E-state index contributed by atoms with van der Waals surface area (Å²) in [5, 5.41) is 11.9. The molecule has 13 heavy (non-hydrogen) atoms. The first-order valence-corrected chi connectivity index (χ1v) is 4.81. The van der Waals surface area contributed by atoms with Crippen LogP contribution in [0.25, 0.3) is 0 Å². The molecule has 0 heterocycles. The fourth-order valence-corrected chi connectivity index (χ4v) is 1.12. The van der Waals surface area contributed by atoms with Gasteiger partial charge in [0.2, 0.25) is 0 Å². The molecule has 0 saturated heterocycles. The van der Waals surface area contributed by atoms with E-state index >= 15 is 0 Å². The van der Waals surface area contributed by atoms with Crippen LogP contribution in [0.4, 0.5) is 0 Å². The predicted octanol–water partition coefficient (Wildman–Crippen LogP) is 1.14. The fraction of sp³-hybridized carbons (Fsp3) is 0.800. The van der Waals surface area contributed by atoms with Crippen molar-refractivity contribution in [2.24, 2.45) is 5.92 Å². The van der Waals surface area contributed by atoms with Crippen molar-refractivity contribution in [2.45, 2.75) is 26.4 Å². The van der Waals surface area contributed by atoms with Crippen molar-refractivity contribution >= 4 is 0 Å². The molecule has 2 N–H and O–H groups in total. The molecule has 0 saturated carbocycles. The highest BCUT2D eigenvalue weighted by Gasteiger charge is 2.14. The Morgan fingerprint density at radius 2 is 2.23 bits per heavy atom. The van der Waals surface area contributed by atoms with Gasteiger partial charge in [-0.1, -0.05) is 13.0 Å². The van der Waals surface area contributed by atoms with Crippen LogP contribution in [0.2, 0.25) is 0 Å². The maximum atomic E-state index is 8.97. The molecule has 78 valence electrons. The first-order chi connectivity index (χ1) is 6.26. The number of hydrogen-bond donors (Lipinski definition) is 2. The Morgan fingerprint density at radius 3 is 2.69 bits per heavy atom. The first kappa shape index (κ1) is 12.5. The van der Waals surface area contributed by atoms with E-state index in [2.05, 4.69) is 5.32 Å². The first-order valence-electron chi connectivity index (χ1n) is 4.81.